The number of hydrogen-bond donors (Lipinski definition) is 0. The number of hydrogen-bond acceptors (Lipinski definition) is 5. The van der Waals surface area contributed by atoms with Gasteiger partial charge in [0.15, 0.2) is 0 Å². The molecule has 0 radical (unpaired) electrons. The quantitative estimate of drug-likeness (QED) is 0.702. The Kier molecular flexibility index (Phi) is 5.01. The van der Waals surface area contributed by atoms with Crippen molar-refractivity contribution in [3.05, 3.63) is 30.1 Å². The van der Waals surface area contributed by atoms with Crippen LogP contribution in [0, 0.1) is 5.92 Å². The fraction of sp³-hybridized carbons (Fsp3) is 0.688. The summed E-state index contributed by atoms with van der Waals surface area (Å²) in [6, 6.07) is 5.78. The first-order valence-corrected chi connectivity index (χ1v) is 9.76. The van der Waals surface area contributed by atoms with Crippen LogP contribution in [0.15, 0.2) is 24.4 Å². The minimum atomic E-state index is -3.10. The molecular formula is C16H24N2O4S. The highest BCUT2D eigenvalue weighted by Gasteiger charge is 2.55. The molecule has 0 aromatic carbocycles. The third-order valence-corrected chi connectivity index (χ3v) is 6.61. The maximum absolute atomic E-state index is 11.9. The van der Waals surface area contributed by atoms with Crippen LogP contribution in [-0.4, -0.2) is 55.4 Å². The van der Waals surface area contributed by atoms with E-state index in [1.54, 1.807) is 17.4 Å². The normalized spacial score (nSPS) is 24.0. The average molecular weight is 340 g/mol. The molecule has 128 valence electrons. The number of nitrogens with zero attached hydrogens (tertiary/aromatic N) is 2. The molecule has 0 aliphatic carbocycles. The van der Waals surface area contributed by atoms with E-state index in [4.69, 9.17) is 9.47 Å². The van der Waals surface area contributed by atoms with Crippen molar-refractivity contribution in [2.75, 3.05) is 32.1 Å². The maximum atomic E-state index is 11.9. The SMILES string of the molecule is CCS(=O)(=O)N1CC2(C1)OCC[C@H]2CCOCc1ccccn1. The van der Waals surface area contributed by atoms with E-state index in [1.165, 1.54) is 0 Å². The lowest BCUT2D eigenvalue weighted by Crippen LogP contribution is -2.66. The van der Waals surface area contributed by atoms with E-state index in [0.29, 0.717) is 38.8 Å². The van der Waals surface area contributed by atoms with Gasteiger partial charge in [0.1, 0.15) is 0 Å². The summed E-state index contributed by atoms with van der Waals surface area (Å²) in [4.78, 5) is 4.23. The fourth-order valence-electron chi connectivity index (χ4n) is 3.36. The predicted molar refractivity (Wildman–Crippen MR) is 86.3 cm³/mol. The fourth-order valence-corrected chi connectivity index (χ4v) is 4.55. The topological polar surface area (TPSA) is 68.7 Å². The number of rotatable bonds is 7. The molecule has 0 bridgehead atoms. The van der Waals surface area contributed by atoms with Crippen LogP contribution in [0.2, 0.25) is 0 Å². The first-order valence-electron chi connectivity index (χ1n) is 8.15. The summed E-state index contributed by atoms with van der Waals surface area (Å²) in [6.07, 6.45) is 3.63. The molecule has 7 heteroatoms. The van der Waals surface area contributed by atoms with E-state index in [9.17, 15) is 8.42 Å². The van der Waals surface area contributed by atoms with Gasteiger partial charge in [0.2, 0.25) is 10.0 Å². The van der Waals surface area contributed by atoms with Crippen molar-refractivity contribution in [3.8, 4) is 0 Å². The Labute approximate surface area is 137 Å². The van der Waals surface area contributed by atoms with Crippen LogP contribution in [-0.2, 0) is 26.1 Å². The van der Waals surface area contributed by atoms with Crippen LogP contribution in [0.5, 0.6) is 0 Å². The molecule has 0 saturated carbocycles. The van der Waals surface area contributed by atoms with Crippen LogP contribution >= 0.6 is 0 Å². The smallest absolute Gasteiger partial charge is 0.214 e. The van der Waals surface area contributed by atoms with Crippen molar-refractivity contribution < 1.29 is 17.9 Å². The molecule has 3 rings (SSSR count). The molecule has 6 nitrogen and oxygen atoms in total. The van der Waals surface area contributed by atoms with Gasteiger partial charge in [-0.05, 0) is 37.8 Å². The monoisotopic (exact) mass is 340 g/mol. The molecule has 1 atom stereocenters. The van der Waals surface area contributed by atoms with Crippen LogP contribution in [0.25, 0.3) is 0 Å². The molecule has 0 amide bonds. The Morgan fingerprint density at radius 1 is 1.43 bits per heavy atom. The van der Waals surface area contributed by atoms with Crippen LogP contribution in [0.3, 0.4) is 0 Å². The Bertz CT molecular complexity index is 614. The molecule has 2 aliphatic rings. The van der Waals surface area contributed by atoms with Gasteiger partial charge in [0.25, 0.3) is 0 Å². The summed E-state index contributed by atoms with van der Waals surface area (Å²) in [5.74, 6) is 0.524. The van der Waals surface area contributed by atoms with Gasteiger partial charge in [-0.25, -0.2) is 8.42 Å². The van der Waals surface area contributed by atoms with Gasteiger partial charge in [-0.3, -0.25) is 4.98 Å². The van der Waals surface area contributed by atoms with Crippen molar-refractivity contribution in [1.82, 2.24) is 9.29 Å². The molecule has 2 aliphatic heterocycles. The van der Waals surface area contributed by atoms with E-state index < -0.39 is 10.0 Å². The second kappa shape index (κ2) is 6.84. The molecule has 2 fully saturated rings. The minimum absolute atomic E-state index is 0.154. The van der Waals surface area contributed by atoms with Crippen LogP contribution in [0.4, 0.5) is 0 Å². The van der Waals surface area contributed by atoms with Crippen molar-refractivity contribution in [2.24, 2.45) is 5.92 Å². The molecule has 1 spiro atoms. The Morgan fingerprint density at radius 3 is 2.96 bits per heavy atom. The summed E-state index contributed by atoms with van der Waals surface area (Å²) >= 11 is 0. The largest absolute Gasteiger partial charge is 0.375 e. The van der Waals surface area contributed by atoms with Crippen molar-refractivity contribution >= 4 is 10.0 Å². The highest BCUT2D eigenvalue weighted by molar-refractivity contribution is 7.89. The van der Waals surface area contributed by atoms with Gasteiger partial charge in [0, 0.05) is 32.5 Å². The molecule has 2 saturated heterocycles. The van der Waals surface area contributed by atoms with E-state index in [-0.39, 0.29) is 11.4 Å². The maximum Gasteiger partial charge on any atom is 0.214 e. The lowest BCUT2D eigenvalue weighted by molar-refractivity contribution is -0.105. The number of sulfonamides is 1. The van der Waals surface area contributed by atoms with E-state index in [1.807, 2.05) is 18.2 Å². The zero-order valence-electron chi connectivity index (χ0n) is 13.5. The third kappa shape index (κ3) is 3.57. The van der Waals surface area contributed by atoms with Crippen LogP contribution < -0.4 is 0 Å². The zero-order valence-corrected chi connectivity index (χ0v) is 14.3. The number of aromatic nitrogens is 1. The van der Waals surface area contributed by atoms with Crippen molar-refractivity contribution in [1.29, 1.82) is 0 Å². The Hall–Kier alpha value is -1.02. The molecule has 23 heavy (non-hydrogen) atoms. The van der Waals surface area contributed by atoms with Gasteiger partial charge < -0.3 is 9.47 Å². The van der Waals surface area contributed by atoms with Crippen molar-refractivity contribution in [2.45, 2.75) is 32.0 Å². The van der Waals surface area contributed by atoms with Gasteiger partial charge in [0.05, 0.1) is 23.7 Å². The summed E-state index contributed by atoms with van der Waals surface area (Å²) in [6.45, 7) is 4.54. The van der Waals surface area contributed by atoms with E-state index in [2.05, 4.69) is 4.98 Å². The molecule has 0 unspecified atom stereocenters. The second-order valence-corrected chi connectivity index (χ2v) is 8.49. The highest BCUT2D eigenvalue weighted by Crippen LogP contribution is 2.42. The molecule has 1 aromatic heterocycles. The van der Waals surface area contributed by atoms with E-state index >= 15 is 0 Å². The first kappa shape index (κ1) is 16.8. The van der Waals surface area contributed by atoms with E-state index in [0.717, 1.165) is 18.5 Å². The standard InChI is InChI=1S/C16H24N2O4S/c1-2-23(19,20)18-12-16(13-18)14(7-10-22-16)6-9-21-11-15-5-3-4-8-17-15/h3-5,8,14H,2,6-7,9-13H2,1H3/t14-/m1/s1. The summed E-state index contributed by atoms with van der Waals surface area (Å²) in [5, 5.41) is 0. The molecule has 3 heterocycles. The van der Waals surface area contributed by atoms with Gasteiger partial charge in [-0.1, -0.05) is 6.07 Å². The average Bonchev–Trinajstić information content (AvgIpc) is 2.95. The lowest BCUT2D eigenvalue weighted by atomic mass is 9.80. The Morgan fingerprint density at radius 2 is 2.26 bits per heavy atom. The number of pyridine rings is 1. The lowest BCUT2D eigenvalue weighted by Gasteiger charge is -2.49. The minimum Gasteiger partial charge on any atom is -0.375 e. The highest BCUT2D eigenvalue weighted by atomic mass is 32.2. The predicted octanol–water partition coefficient (Wildman–Crippen LogP) is 1.43. The molecular weight excluding hydrogens is 316 g/mol. The summed E-state index contributed by atoms with van der Waals surface area (Å²) < 4.78 is 36.9. The van der Waals surface area contributed by atoms with Gasteiger partial charge in [-0.15, -0.1) is 0 Å². The summed E-state index contributed by atoms with van der Waals surface area (Å²) in [5.41, 5.74) is 0.644. The number of ether oxygens (including phenoxy) is 2. The third-order valence-electron chi connectivity index (χ3n) is 4.83. The first-order chi connectivity index (χ1) is 11.1. The summed E-state index contributed by atoms with van der Waals surface area (Å²) in [7, 11) is -3.10. The van der Waals surface area contributed by atoms with Crippen LogP contribution in [0.1, 0.15) is 25.5 Å². The Balaban J connectivity index is 1.45. The van der Waals surface area contributed by atoms with Crippen molar-refractivity contribution in [3.63, 3.8) is 0 Å². The second-order valence-electron chi connectivity index (χ2n) is 6.23. The zero-order chi connectivity index (χ0) is 16.3. The van der Waals surface area contributed by atoms with Gasteiger partial charge in [-0.2, -0.15) is 4.31 Å². The van der Waals surface area contributed by atoms with Gasteiger partial charge >= 0.3 is 0 Å². The molecule has 0 N–H and O–H groups in total. The molecule has 1 aromatic rings.